The highest BCUT2D eigenvalue weighted by Gasteiger charge is 2.34. The SMILES string of the molecule is CN1C[C@H](O)C[C@H]1c1nnc2n1CCN(C(=O)c1cccnc1)CC2. The molecule has 0 bridgehead atoms. The number of carbonyl (C=O) groups is 1. The third kappa shape index (κ3) is 3.03. The molecule has 0 aliphatic carbocycles. The van der Waals surface area contributed by atoms with Gasteiger partial charge >= 0.3 is 0 Å². The normalized spacial score (nSPS) is 24.2. The van der Waals surface area contributed by atoms with Crippen LogP contribution in [0.5, 0.6) is 0 Å². The lowest BCUT2D eigenvalue weighted by atomic mass is 10.2. The molecule has 25 heavy (non-hydrogen) atoms. The first-order chi connectivity index (χ1) is 12.1. The molecule has 2 atom stereocenters. The van der Waals surface area contributed by atoms with Gasteiger partial charge in [-0.3, -0.25) is 14.7 Å². The molecular weight excluding hydrogens is 320 g/mol. The number of rotatable bonds is 2. The summed E-state index contributed by atoms with van der Waals surface area (Å²) in [6.07, 6.45) is 4.30. The molecule has 2 aromatic rings. The van der Waals surface area contributed by atoms with Gasteiger partial charge in [0.1, 0.15) is 5.82 Å². The Hall–Kier alpha value is -2.32. The van der Waals surface area contributed by atoms with Gasteiger partial charge in [0, 0.05) is 45.0 Å². The molecule has 4 heterocycles. The summed E-state index contributed by atoms with van der Waals surface area (Å²) in [5.41, 5.74) is 0.610. The molecule has 4 rings (SSSR count). The molecule has 2 aromatic heterocycles. The van der Waals surface area contributed by atoms with Gasteiger partial charge in [0.2, 0.25) is 0 Å². The molecule has 0 radical (unpaired) electrons. The topological polar surface area (TPSA) is 87.4 Å². The van der Waals surface area contributed by atoms with Crippen molar-refractivity contribution in [1.82, 2.24) is 29.5 Å². The average molecular weight is 342 g/mol. The number of hydrogen-bond donors (Lipinski definition) is 1. The van der Waals surface area contributed by atoms with Gasteiger partial charge in [-0.2, -0.15) is 0 Å². The van der Waals surface area contributed by atoms with Crippen LogP contribution in [0.1, 0.15) is 34.5 Å². The van der Waals surface area contributed by atoms with Crippen molar-refractivity contribution in [3.05, 3.63) is 41.7 Å². The van der Waals surface area contributed by atoms with E-state index in [9.17, 15) is 9.90 Å². The maximum Gasteiger partial charge on any atom is 0.255 e. The molecule has 0 aromatic carbocycles. The first-order valence-electron chi connectivity index (χ1n) is 8.63. The van der Waals surface area contributed by atoms with Crippen molar-refractivity contribution in [3.8, 4) is 0 Å². The van der Waals surface area contributed by atoms with E-state index >= 15 is 0 Å². The first kappa shape index (κ1) is 16.2. The maximum absolute atomic E-state index is 12.7. The fourth-order valence-corrected chi connectivity index (χ4v) is 3.74. The number of aliphatic hydroxyl groups excluding tert-OH is 1. The lowest BCUT2D eigenvalue weighted by molar-refractivity contribution is 0.0758. The summed E-state index contributed by atoms with van der Waals surface area (Å²) in [5.74, 6) is 1.80. The van der Waals surface area contributed by atoms with Crippen LogP contribution in [0.3, 0.4) is 0 Å². The molecule has 1 amide bonds. The number of pyridine rings is 1. The third-order valence-electron chi connectivity index (χ3n) is 5.07. The van der Waals surface area contributed by atoms with E-state index in [4.69, 9.17) is 0 Å². The zero-order chi connectivity index (χ0) is 17.4. The molecule has 0 unspecified atom stereocenters. The number of aliphatic hydroxyl groups is 1. The van der Waals surface area contributed by atoms with Crippen LogP contribution in [0.25, 0.3) is 0 Å². The zero-order valence-corrected chi connectivity index (χ0v) is 14.2. The van der Waals surface area contributed by atoms with Crippen LogP contribution in [0.4, 0.5) is 0 Å². The van der Waals surface area contributed by atoms with E-state index in [1.54, 1.807) is 24.5 Å². The van der Waals surface area contributed by atoms with Crippen LogP contribution in [0, 0.1) is 0 Å². The van der Waals surface area contributed by atoms with E-state index in [0.717, 1.165) is 11.6 Å². The van der Waals surface area contributed by atoms with Crippen molar-refractivity contribution in [1.29, 1.82) is 0 Å². The fraction of sp³-hybridized carbons (Fsp3) is 0.529. The maximum atomic E-state index is 12.7. The van der Waals surface area contributed by atoms with Crippen LogP contribution in [0.15, 0.2) is 24.5 Å². The van der Waals surface area contributed by atoms with Gasteiger partial charge in [-0.05, 0) is 25.6 Å². The summed E-state index contributed by atoms with van der Waals surface area (Å²) < 4.78 is 2.12. The number of amides is 1. The molecular formula is C17H22N6O2. The highest BCUT2D eigenvalue weighted by Crippen LogP contribution is 2.30. The monoisotopic (exact) mass is 342 g/mol. The van der Waals surface area contributed by atoms with Gasteiger partial charge in [0.25, 0.3) is 5.91 Å². The van der Waals surface area contributed by atoms with Crippen molar-refractivity contribution in [2.75, 3.05) is 26.7 Å². The minimum atomic E-state index is -0.322. The van der Waals surface area contributed by atoms with Crippen LogP contribution >= 0.6 is 0 Å². The summed E-state index contributed by atoms with van der Waals surface area (Å²) in [5, 5.41) is 18.6. The highest BCUT2D eigenvalue weighted by atomic mass is 16.3. The van der Waals surface area contributed by atoms with Gasteiger partial charge in [0.15, 0.2) is 5.82 Å². The Balaban J connectivity index is 1.52. The lowest BCUT2D eigenvalue weighted by Gasteiger charge is -2.21. The Morgan fingerprint density at radius 3 is 2.88 bits per heavy atom. The van der Waals surface area contributed by atoms with Crippen molar-refractivity contribution in [2.24, 2.45) is 0 Å². The van der Waals surface area contributed by atoms with E-state index in [0.29, 0.717) is 44.6 Å². The van der Waals surface area contributed by atoms with Crippen molar-refractivity contribution >= 4 is 5.91 Å². The predicted molar refractivity (Wildman–Crippen MR) is 89.9 cm³/mol. The standard InChI is InChI=1S/C17H22N6O2/c1-21-11-13(24)9-14(21)16-20-19-15-4-6-22(7-8-23(15)16)17(25)12-3-2-5-18-10-12/h2-3,5,10,13-14,24H,4,6-9,11H2,1H3/t13-,14+/m1/s1. The van der Waals surface area contributed by atoms with Crippen LogP contribution in [-0.4, -0.2) is 73.3 Å². The lowest BCUT2D eigenvalue weighted by Crippen LogP contribution is -2.34. The van der Waals surface area contributed by atoms with Gasteiger partial charge in [-0.15, -0.1) is 10.2 Å². The van der Waals surface area contributed by atoms with E-state index in [2.05, 4.69) is 24.6 Å². The second kappa shape index (κ2) is 6.53. The summed E-state index contributed by atoms with van der Waals surface area (Å²) in [6, 6.07) is 3.65. The summed E-state index contributed by atoms with van der Waals surface area (Å²) >= 11 is 0. The molecule has 1 saturated heterocycles. The Morgan fingerprint density at radius 1 is 1.28 bits per heavy atom. The van der Waals surface area contributed by atoms with Crippen LogP contribution < -0.4 is 0 Å². The summed E-state index contributed by atoms with van der Waals surface area (Å²) in [7, 11) is 2.00. The number of carbonyl (C=O) groups excluding carboxylic acids is 1. The number of β-amino-alcohol motifs (C(OH)–C–C–N with tert-alkyl or cyclic N) is 1. The quantitative estimate of drug-likeness (QED) is 0.833. The number of likely N-dealkylation sites (N-methyl/N-ethyl adjacent to an activating group) is 1. The van der Waals surface area contributed by atoms with Crippen molar-refractivity contribution in [2.45, 2.75) is 31.5 Å². The minimum absolute atomic E-state index is 0.00164. The molecule has 8 nitrogen and oxygen atoms in total. The van der Waals surface area contributed by atoms with Gasteiger partial charge in [0.05, 0.1) is 17.7 Å². The molecule has 2 aliphatic rings. The first-order valence-corrected chi connectivity index (χ1v) is 8.63. The van der Waals surface area contributed by atoms with E-state index < -0.39 is 0 Å². The summed E-state index contributed by atoms with van der Waals surface area (Å²) in [4.78, 5) is 20.7. The van der Waals surface area contributed by atoms with Gasteiger partial charge < -0.3 is 14.6 Å². The van der Waals surface area contributed by atoms with Gasteiger partial charge in [-0.1, -0.05) is 0 Å². The molecule has 2 aliphatic heterocycles. The largest absolute Gasteiger partial charge is 0.392 e. The number of nitrogens with zero attached hydrogens (tertiary/aromatic N) is 6. The molecule has 132 valence electrons. The molecule has 8 heteroatoms. The Morgan fingerprint density at radius 2 is 2.16 bits per heavy atom. The Labute approximate surface area is 146 Å². The Bertz CT molecular complexity index is 762. The molecule has 0 saturated carbocycles. The average Bonchev–Trinajstić information content (AvgIpc) is 3.10. The molecule has 0 spiro atoms. The van der Waals surface area contributed by atoms with Crippen molar-refractivity contribution in [3.63, 3.8) is 0 Å². The Kier molecular flexibility index (Phi) is 4.22. The number of hydrogen-bond acceptors (Lipinski definition) is 6. The van der Waals surface area contributed by atoms with E-state index in [1.165, 1.54) is 0 Å². The van der Waals surface area contributed by atoms with Gasteiger partial charge in [-0.25, -0.2) is 0 Å². The second-order valence-electron chi connectivity index (χ2n) is 6.75. The van der Waals surface area contributed by atoms with E-state index in [-0.39, 0.29) is 18.1 Å². The molecule has 1 fully saturated rings. The second-order valence-corrected chi connectivity index (χ2v) is 6.75. The number of fused-ring (bicyclic) bond motifs is 1. The van der Waals surface area contributed by atoms with Crippen molar-refractivity contribution < 1.29 is 9.90 Å². The highest BCUT2D eigenvalue weighted by molar-refractivity contribution is 5.93. The third-order valence-corrected chi connectivity index (χ3v) is 5.07. The smallest absolute Gasteiger partial charge is 0.255 e. The minimum Gasteiger partial charge on any atom is -0.392 e. The predicted octanol–water partition coefficient (Wildman–Crippen LogP) is 0.109. The zero-order valence-electron chi connectivity index (χ0n) is 14.2. The fourth-order valence-electron chi connectivity index (χ4n) is 3.74. The van der Waals surface area contributed by atoms with Crippen LogP contribution in [0.2, 0.25) is 0 Å². The number of likely N-dealkylation sites (tertiary alicyclic amines) is 1. The molecule has 1 N–H and O–H groups in total. The van der Waals surface area contributed by atoms with E-state index in [1.807, 2.05) is 11.9 Å². The summed E-state index contributed by atoms with van der Waals surface area (Å²) in [6.45, 7) is 2.56. The van der Waals surface area contributed by atoms with Crippen LogP contribution in [-0.2, 0) is 13.0 Å². The number of aromatic nitrogens is 4.